The smallest absolute Gasteiger partial charge is 0.409 e. The van der Waals surface area contributed by atoms with Crippen LogP contribution in [0.15, 0.2) is 30.3 Å². The summed E-state index contributed by atoms with van der Waals surface area (Å²) in [5.74, 6) is -1.44. The van der Waals surface area contributed by atoms with Gasteiger partial charge in [-0.3, -0.25) is 4.79 Å². The summed E-state index contributed by atoms with van der Waals surface area (Å²) in [5.41, 5.74) is 3.74. The number of ether oxygens (including phenoxy) is 1. The Morgan fingerprint density at radius 3 is 2.49 bits per heavy atom. The molecule has 1 aliphatic carbocycles. The SMILES string of the molecule is COC(=O)N1CCc2ccc3c(nc(C4CCC(C(=O)O)CC4)n3[C@@H](C)Cc3c(F)cccc3F)c2C1. The number of amides is 1. The molecule has 1 saturated carbocycles. The fourth-order valence-electron chi connectivity index (χ4n) is 5.96. The van der Waals surface area contributed by atoms with Gasteiger partial charge in [-0.2, -0.15) is 0 Å². The molecule has 0 radical (unpaired) electrons. The van der Waals surface area contributed by atoms with Gasteiger partial charge in [0.1, 0.15) is 17.5 Å². The number of fused-ring (bicyclic) bond motifs is 3. The molecule has 1 N–H and O–H groups in total. The van der Waals surface area contributed by atoms with E-state index in [4.69, 9.17) is 9.72 Å². The fraction of sp³-hybridized carbons (Fsp3) is 0.464. The van der Waals surface area contributed by atoms with Crippen LogP contribution in [0.4, 0.5) is 13.6 Å². The number of hydrogen-bond donors (Lipinski definition) is 1. The fourth-order valence-corrected chi connectivity index (χ4v) is 5.96. The highest BCUT2D eigenvalue weighted by Gasteiger charge is 2.33. The first-order chi connectivity index (χ1) is 17.8. The number of imidazole rings is 1. The van der Waals surface area contributed by atoms with E-state index in [-0.39, 0.29) is 29.9 Å². The Labute approximate surface area is 214 Å². The number of aliphatic carboxylic acids is 1. The number of carboxylic acids is 1. The van der Waals surface area contributed by atoms with Crippen LogP contribution in [0.5, 0.6) is 0 Å². The maximum Gasteiger partial charge on any atom is 0.409 e. The van der Waals surface area contributed by atoms with Crippen molar-refractivity contribution in [2.75, 3.05) is 13.7 Å². The summed E-state index contributed by atoms with van der Waals surface area (Å²) in [4.78, 5) is 30.5. The third kappa shape index (κ3) is 4.67. The Balaban J connectivity index is 1.59. The van der Waals surface area contributed by atoms with E-state index in [0.717, 1.165) is 28.0 Å². The molecular weight excluding hydrogens is 480 g/mol. The molecule has 1 atom stereocenters. The third-order valence-electron chi connectivity index (χ3n) is 7.97. The Morgan fingerprint density at radius 2 is 1.84 bits per heavy atom. The van der Waals surface area contributed by atoms with Crippen molar-refractivity contribution in [1.29, 1.82) is 0 Å². The molecular formula is C28H31F2N3O4. The first-order valence-electron chi connectivity index (χ1n) is 12.8. The molecule has 2 aliphatic rings. The first-order valence-corrected chi connectivity index (χ1v) is 12.8. The van der Waals surface area contributed by atoms with Gasteiger partial charge in [0.25, 0.3) is 0 Å². The first kappa shape index (κ1) is 25.2. The topological polar surface area (TPSA) is 84.7 Å². The second-order valence-electron chi connectivity index (χ2n) is 10.2. The van der Waals surface area contributed by atoms with E-state index in [0.29, 0.717) is 45.2 Å². The van der Waals surface area contributed by atoms with E-state index in [1.165, 1.54) is 25.3 Å². The average molecular weight is 512 g/mol. The molecule has 37 heavy (non-hydrogen) atoms. The zero-order valence-corrected chi connectivity index (χ0v) is 21.0. The molecule has 1 aliphatic heterocycles. The summed E-state index contributed by atoms with van der Waals surface area (Å²) in [6.45, 7) is 2.86. The molecule has 0 saturated heterocycles. The third-order valence-corrected chi connectivity index (χ3v) is 7.97. The van der Waals surface area contributed by atoms with Crippen LogP contribution in [0.3, 0.4) is 0 Å². The highest BCUT2D eigenvalue weighted by Crippen LogP contribution is 2.40. The minimum absolute atomic E-state index is 0.0341. The minimum atomic E-state index is -0.771. The van der Waals surface area contributed by atoms with Gasteiger partial charge >= 0.3 is 12.1 Å². The summed E-state index contributed by atoms with van der Waals surface area (Å²) >= 11 is 0. The number of methoxy groups -OCH3 is 1. The molecule has 7 nitrogen and oxygen atoms in total. The average Bonchev–Trinajstić information content (AvgIpc) is 3.30. The lowest BCUT2D eigenvalue weighted by Crippen LogP contribution is -2.35. The van der Waals surface area contributed by atoms with Gasteiger partial charge in [0.2, 0.25) is 0 Å². The highest BCUT2D eigenvalue weighted by atomic mass is 19.1. The molecule has 2 aromatic carbocycles. The Morgan fingerprint density at radius 1 is 1.14 bits per heavy atom. The number of carbonyl (C=O) groups excluding carboxylic acids is 1. The summed E-state index contributed by atoms with van der Waals surface area (Å²) in [5, 5.41) is 9.46. The number of hydrogen-bond acceptors (Lipinski definition) is 4. The van der Waals surface area contributed by atoms with Crippen LogP contribution in [-0.2, 0) is 28.9 Å². The predicted octanol–water partition coefficient (Wildman–Crippen LogP) is 5.60. The van der Waals surface area contributed by atoms with Crippen molar-refractivity contribution < 1.29 is 28.2 Å². The summed E-state index contributed by atoms with van der Waals surface area (Å²) in [6.07, 6.45) is 2.92. The lowest BCUT2D eigenvalue weighted by molar-refractivity contribution is -0.142. The second kappa shape index (κ2) is 10.1. The predicted molar refractivity (Wildman–Crippen MR) is 133 cm³/mol. The van der Waals surface area contributed by atoms with Crippen LogP contribution in [-0.4, -0.2) is 45.3 Å². The molecule has 1 amide bonds. The van der Waals surface area contributed by atoms with Gasteiger partial charge in [-0.1, -0.05) is 12.1 Å². The van der Waals surface area contributed by atoms with E-state index >= 15 is 0 Å². The highest BCUT2D eigenvalue weighted by molar-refractivity contribution is 5.82. The van der Waals surface area contributed by atoms with Crippen molar-refractivity contribution in [2.24, 2.45) is 5.92 Å². The van der Waals surface area contributed by atoms with E-state index in [1.54, 1.807) is 4.90 Å². The second-order valence-corrected chi connectivity index (χ2v) is 10.2. The standard InChI is InChI=1S/C28H31F2N3O4/c1-16(14-20-22(29)4-3-5-23(20)30)33-24-11-10-17-12-13-32(28(36)37-2)15-21(17)25(24)31-26(33)18-6-8-19(9-7-18)27(34)35/h3-5,10-11,16,18-19H,6-9,12-15H2,1-2H3,(H,34,35)/t16-,18?,19?/m0/s1. The number of nitrogens with zero attached hydrogens (tertiary/aromatic N) is 3. The van der Waals surface area contributed by atoms with E-state index in [1.807, 2.05) is 19.1 Å². The van der Waals surface area contributed by atoms with Crippen LogP contribution in [0.25, 0.3) is 11.0 Å². The number of carbonyl (C=O) groups is 2. The van der Waals surface area contributed by atoms with Crippen molar-refractivity contribution >= 4 is 23.1 Å². The van der Waals surface area contributed by atoms with Gasteiger partial charge in [0.15, 0.2) is 0 Å². The van der Waals surface area contributed by atoms with Gasteiger partial charge in [-0.25, -0.2) is 18.6 Å². The van der Waals surface area contributed by atoms with Crippen LogP contribution >= 0.6 is 0 Å². The molecule has 0 spiro atoms. The van der Waals surface area contributed by atoms with Gasteiger partial charge < -0.3 is 19.3 Å². The van der Waals surface area contributed by atoms with Crippen molar-refractivity contribution in [2.45, 2.75) is 64.0 Å². The summed E-state index contributed by atoms with van der Waals surface area (Å²) < 4.78 is 36.1. The number of benzene rings is 2. The molecule has 0 unspecified atom stereocenters. The van der Waals surface area contributed by atoms with Crippen molar-refractivity contribution in [1.82, 2.24) is 14.5 Å². The van der Waals surface area contributed by atoms with E-state index in [9.17, 15) is 23.5 Å². The maximum absolute atomic E-state index is 14.5. The molecule has 0 bridgehead atoms. The Bertz CT molecular complexity index is 1330. The molecule has 3 aromatic rings. The lowest BCUT2D eigenvalue weighted by atomic mass is 9.81. The lowest BCUT2D eigenvalue weighted by Gasteiger charge is -2.28. The number of halogens is 2. The van der Waals surface area contributed by atoms with Gasteiger partial charge in [-0.05, 0) is 69.2 Å². The molecule has 2 heterocycles. The van der Waals surface area contributed by atoms with Crippen molar-refractivity contribution in [3.05, 3.63) is 64.5 Å². The monoisotopic (exact) mass is 511 g/mol. The summed E-state index contributed by atoms with van der Waals surface area (Å²) in [7, 11) is 1.36. The number of aromatic nitrogens is 2. The number of rotatable bonds is 5. The van der Waals surface area contributed by atoms with Gasteiger partial charge in [-0.15, -0.1) is 0 Å². The van der Waals surface area contributed by atoms with Crippen LogP contribution < -0.4 is 0 Å². The molecule has 1 fully saturated rings. The van der Waals surface area contributed by atoms with Gasteiger partial charge in [0.05, 0.1) is 30.6 Å². The maximum atomic E-state index is 14.5. The van der Waals surface area contributed by atoms with Crippen LogP contribution in [0.1, 0.15) is 67.1 Å². The van der Waals surface area contributed by atoms with Crippen LogP contribution in [0.2, 0.25) is 0 Å². The largest absolute Gasteiger partial charge is 0.481 e. The van der Waals surface area contributed by atoms with Crippen molar-refractivity contribution in [3.63, 3.8) is 0 Å². The molecule has 1 aromatic heterocycles. The minimum Gasteiger partial charge on any atom is -0.481 e. The molecule has 196 valence electrons. The van der Waals surface area contributed by atoms with Gasteiger partial charge in [0, 0.05) is 29.6 Å². The zero-order valence-electron chi connectivity index (χ0n) is 21.0. The Hall–Kier alpha value is -3.49. The van der Waals surface area contributed by atoms with Crippen molar-refractivity contribution in [3.8, 4) is 0 Å². The quantitative estimate of drug-likeness (QED) is 0.482. The normalized spacial score (nSPS) is 20.5. The zero-order chi connectivity index (χ0) is 26.3. The molecule has 9 heteroatoms. The molecule has 5 rings (SSSR count). The Kier molecular flexibility index (Phi) is 6.88. The summed E-state index contributed by atoms with van der Waals surface area (Å²) in [6, 6.07) is 7.65. The van der Waals surface area contributed by atoms with Crippen LogP contribution in [0, 0.1) is 17.6 Å². The van der Waals surface area contributed by atoms with E-state index < -0.39 is 23.7 Å². The van der Waals surface area contributed by atoms with E-state index in [2.05, 4.69) is 4.57 Å². The number of carboxylic acid groups (broad SMARTS) is 1.